The monoisotopic (exact) mass is 871 g/mol. The van der Waals surface area contributed by atoms with E-state index in [1.165, 1.54) is 26.9 Å². The van der Waals surface area contributed by atoms with Crippen LogP contribution in [0.15, 0.2) is 231 Å². The fourth-order valence-electron chi connectivity index (χ4n) is 10.7. The van der Waals surface area contributed by atoms with E-state index in [2.05, 4.69) is 212 Å². The minimum atomic E-state index is -0.00268. The van der Waals surface area contributed by atoms with Crippen LogP contribution in [0.3, 0.4) is 0 Å². The van der Waals surface area contributed by atoms with Crippen molar-refractivity contribution in [2.45, 2.75) is 13.3 Å². The highest BCUT2D eigenvalue weighted by molar-refractivity contribution is 6.23. The third-order valence-corrected chi connectivity index (χ3v) is 14.0. The Morgan fingerprint density at radius 1 is 0.441 bits per heavy atom. The van der Waals surface area contributed by atoms with Crippen molar-refractivity contribution in [3.8, 4) is 16.8 Å². The van der Waals surface area contributed by atoms with Gasteiger partial charge in [0.15, 0.2) is 5.84 Å². The first kappa shape index (κ1) is 38.5. The zero-order chi connectivity index (χ0) is 44.9. The molecule has 1 aliphatic heterocycles. The van der Waals surface area contributed by atoms with Gasteiger partial charge in [-0.05, 0) is 87.6 Å². The van der Waals surface area contributed by atoms with Gasteiger partial charge >= 0.3 is 0 Å². The zero-order valence-corrected chi connectivity index (χ0v) is 37.1. The van der Waals surface area contributed by atoms with Crippen molar-refractivity contribution in [1.82, 2.24) is 4.57 Å². The summed E-state index contributed by atoms with van der Waals surface area (Å²) in [5, 5.41) is 11.4. The standard InChI is InChI=1S/C63H41N3O2/c1-38-29-31-53(64-63(44-21-13-20-41(33-44)39-15-3-2-4-16-39)65-61(38)49-26-14-25-48-47-24-10-12-28-57(47)68-62(48)49)51-36-52-59(67-58-32-30-40-17-7-8-22-45(40)60(52)58)37-56(51)66-54-27-11-9-23-46(54)50-34-42-18-5-6-19-43(42)35-55(50)66/h2-28,30-38H,29H2,1H3/b53-31+,64-63-,65-61+. The maximum Gasteiger partial charge on any atom is 0.160 e. The van der Waals surface area contributed by atoms with Crippen molar-refractivity contribution in [3.63, 3.8) is 0 Å². The van der Waals surface area contributed by atoms with E-state index in [4.69, 9.17) is 18.8 Å². The van der Waals surface area contributed by atoms with E-state index in [9.17, 15) is 0 Å². The molecule has 1 atom stereocenters. The number of rotatable bonds is 5. The van der Waals surface area contributed by atoms with Crippen molar-refractivity contribution in [2.75, 3.05) is 0 Å². The molecule has 0 amide bonds. The number of hydrogen-bond acceptors (Lipinski definition) is 4. The maximum atomic E-state index is 6.86. The normalized spacial score (nSPS) is 16.9. The highest BCUT2D eigenvalue weighted by Crippen LogP contribution is 2.43. The van der Waals surface area contributed by atoms with Crippen LogP contribution in [0.2, 0.25) is 0 Å². The van der Waals surface area contributed by atoms with Gasteiger partial charge in [0.05, 0.1) is 28.1 Å². The third-order valence-electron chi connectivity index (χ3n) is 14.0. The van der Waals surface area contributed by atoms with Crippen LogP contribution in [0.4, 0.5) is 0 Å². The van der Waals surface area contributed by atoms with Crippen LogP contribution in [-0.2, 0) is 0 Å². The van der Waals surface area contributed by atoms with Gasteiger partial charge in [-0.1, -0.05) is 165 Å². The minimum Gasteiger partial charge on any atom is -0.456 e. The van der Waals surface area contributed by atoms with Crippen LogP contribution in [0.5, 0.6) is 0 Å². The van der Waals surface area contributed by atoms with Crippen molar-refractivity contribution in [3.05, 3.63) is 229 Å². The average molecular weight is 872 g/mol. The summed E-state index contributed by atoms with van der Waals surface area (Å²) in [5.41, 5.74) is 13.5. The lowest BCUT2D eigenvalue weighted by molar-refractivity contribution is 0.666. The molecule has 0 fully saturated rings. The van der Waals surface area contributed by atoms with Crippen molar-refractivity contribution in [1.29, 1.82) is 0 Å². The van der Waals surface area contributed by atoms with Crippen molar-refractivity contribution >= 4 is 104 Å². The predicted molar refractivity (Wildman–Crippen MR) is 284 cm³/mol. The van der Waals surface area contributed by atoms with Crippen LogP contribution in [0.25, 0.3) is 110 Å². The molecule has 320 valence electrons. The average Bonchev–Trinajstić information content (AvgIpc) is 4.06. The van der Waals surface area contributed by atoms with E-state index in [1.54, 1.807) is 0 Å². The molecule has 4 heterocycles. The van der Waals surface area contributed by atoms with E-state index in [1.807, 2.05) is 12.1 Å². The summed E-state index contributed by atoms with van der Waals surface area (Å²) in [6.07, 6.45) is 3.02. The molecule has 0 radical (unpaired) electrons. The molecule has 13 aromatic rings. The molecule has 0 N–H and O–H groups in total. The first-order chi connectivity index (χ1) is 33.6. The lowest BCUT2D eigenvalue weighted by atomic mass is 9.92. The summed E-state index contributed by atoms with van der Waals surface area (Å²) in [5.74, 6) is 0.627. The zero-order valence-electron chi connectivity index (χ0n) is 37.1. The van der Waals surface area contributed by atoms with Gasteiger partial charge in [0.25, 0.3) is 0 Å². The van der Waals surface area contributed by atoms with Gasteiger partial charge in [0, 0.05) is 61.0 Å². The van der Waals surface area contributed by atoms with Gasteiger partial charge in [-0.3, -0.25) is 0 Å². The van der Waals surface area contributed by atoms with Crippen LogP contribution in [0.1, 0.15) is 30.0 Å². The van der Waals surface area contributed by atoms with Crippen molar-refractivity contribution < 1.29 is 8.83 Å². The SMILES string of the molecule is CC1C/C=C(c2cc3c(cc2-n2c4ccccc4c4cc5ccccc5cc42)oc2ccc4ccccc4c23)/N=C(c2cccc(-c3ccccc3)c2)\N=C/1c1cccc2c1oc1ccccc12. The predicted octanol–water partition coefficient (Wildman–Crippen LogP) is 16.9. The molecule has 0 bridgehead atoms. The van der Waals surface area contributed by atoms with Gasteiger partial charge < -0.3 is 13.4 Å². The van der Waals surface area contributed by atoms with Gasteiger partial charge in [0.2, 0.25) is 0 Å². The highest BCUT2D eigenvalue weighted by Gasteiger charge is 2.26. The summed E-state index contributed by atoms with van der Waals surface area (Å²) in [6.45, 7) is 2.27. The fourth-order valence-corrected chi connectivity index (χ4v) is 10.7. The number of hydrogen-bond donors (Lipinski definition) is 0. The Hall–Kier alpha value is -8.80. The number of para-hydroxylation sites is 3. The molecule has 5 nitrogen and oxygen atoms in total. The largest absolute Gasteiger partial charge is 0.456 e. The minimum absolute atomic E-state index is 0.00268. The van der Waals surface area contributed by atoms with E-state index < -0.39 is 0 Å². The summed E-state index contributed by atoms with van der Waals surface area (Å²) < 4.78 is 16.0. The summed E-state index contributed by atoms with van der Waals surface area (Å²) in [4.78, 5) is 11.5. The molecule has 1 unspecified atom stereocenters. The topological polar surface area (TPSA) is 55.9 Å². The Labute approximate surface area is 391 Å². The molecular formula is C63H41N3O2. The van der Waals surface area contributed by atoms with Crippen molar-refractivity contribution in [2.24, 2.45) is 15.9 Å². The van der Waals surface area contributed by atoms with Crippen LogP contribution in [-0.4, -0.2) is 16.1 Å². The Bertz CT molecular complexity index is 4310. The molecule has 1 aliphatic rings. The smallest absolute Gasteiger partial charge is 0.160 e. The second kappa shape index (κ2) is 15.1. The molecule has 0 spiro atoms. The van der Waals surface area contributed by atoms with Crippen LogP contribution < -0.4 is 0 Å². The van der Waals surface area contributed by atoms with Gasteiger partial charge in [-0.2, -0.15) is 0 Å². The Balaban J connectivity index is 1.07. The number of nitrogens with zero attached hydrogens (tertiary/aromatic N) is 3. The first-order valence-electron chi connectivity index (χ1n) is 23.4. The molecule has 5 heteroatoms. The van der Waals surface area contributed by atoms with Gasteiger partial charge in [-0.15, -0.1) is 0 Å². The van der Waals surface area contributed by atoms with E-state index >= 15 is 0 Å². The molecule has 0 saturated carbocycles. The number of aromatic nitrogens is 1. The van der Waals surface area contributed by atoms with Gasteiger partial charge in [-0.25, -0.2) is 9.98 Å². The number of aliphatic imine (C=N–C) groups is 2. The molecule has 10 aromatic carbocycles. The highest BCUT2D eigenvalue weighted by atomic mass is 16.3. The quantitative estimate of drug-likeness (QED) is 0.173. The second-order valence-electron chi connectivity index (χ2n) is 18.1. The Kier molecular flexibility index (Phi) is 8.56. The number of amidine groups is 1. The first-order valence-corrected chi connectivity index (χ1v) is 23.4. The second-order valence-corrected chi connectivity index (χ2v) is 18.1. The maximum absolute atomic E-state index is 6.86. The molecule has 14 rings (SSSR count). The molecule has 0 aliphatic carbocycles. The molecule has 68 heavy (non-hydrogen) atoms. The van der Waals surface area contributed by atoms with Gasteiger partial charge in [0.1, 0.15) is 22.3 Å². The lowest BCUT2D eigenvalue weighted by Crippen LogP contribution is -2.17. The summed E-state index contributed by atoms with van der Waals surface area (Å²) in [7, 11) is 0. The fraction of sp³-hybridized carbons (Fsp3) is 0.0476. The van der Waals surface area contributed by atoms with E-state index in [-0.39, 0.29) is 5.92 Å². The summed E-state index contributed by atoms with van der Waals surface area (Å²) in [6, 6.07) is 73.3. The summed E-state index contributed by atoms with van der Waals surface area (Å²) >= 11 is 0. The molecule has 3 aromatic heterocycles. The number of benzene rings is 10. The van der Waals surface area contributed by atoms with Crippen LogP contribution >= 0.6 is 0 Å². The number of allylic oxidation sites excluding steroid dienone is 1. The number of fused-ring (bicyclic) bond motifs is 12. The molecular weight excluding hydrogens is 831 g/mol. The Morgan fingerprint density at radius 3 is 2.03 bits per heavy atom. The Morgan fingerprint density at radius 2 is 1.15 bits per heavy atom. The molecule has 0 saturated heterocycles. The van der Waals surface area contributed by atoms with E-state index in [0.717, 1.165) is 105 Å². The third kappa shape index (κ3) is 6.02. The van der Waals surface area contributed by atoms with E-state index in [0.29, 0.717) is 12.3 Å². The number of furan rings is 2. The van der Waals surface area contributed by atoms with Crippen LogP contribution in [0, 0.1) is 5.92 Å². The lowest BCUT2D eigenvalue weighted by Gasteiger charge is -2.20.